The van der Waals surface area contributed by atoms with Gasteiger partial charge in [-0.05, 0) is 55.0 Å². The van der Waals surface area contributed by atoms with Crippen LogP contribution in [0.2, 0.25) is 0 Å². The first-order valence-electron chi connectivity index (χ1n) is 13.9. The first-order valence-corrected chi connectivity index (χ1v) is 13.9. The monoisotopic (exact) mass is 559 g/mol. The van der Waals surface area contributed by atoms with E-state index in [1.165, 1.54) is 6.08 Å². The van der Waals surface area contributed by atoms with Gasteiger partial charge in [0, 0.05) is 53.4 Å². The molecule has 4 aromatic heterocycles. The van der Waals surface area contributed by atoms with E-state index in [1.807, 2.05) is 37.3 Å². The summed E-state index contributed by atoms with van der Waals surface area (Å²) < 4.78 is 43.6. The Balaban J connectivity index is 1.61. The molecule has 0 aromatic carbocycles. The number of H-pyrrole nitrogens is 1. The van der Waals surface area contributed by atoms with Gasteiger partial charge in [0.05, 0.1) is 16.1 Å². The van der Waals surface area contributed by atoms with E-state index in [0.717, 1.165) is 36.2 Å². The summed E-state index contributed by atoms with van der Waals surface area (Å²) in [6.07, 6.45) is 6.58. The average molecular weight is 560 g/mol. The Labute approximate surface area is 235 Å². The number of halogens is 3. The van der Waals surface area contributed by atoms with Gasteiger partial charge in [0.1, 0.15) is 11.5 Å². The van der Waals surface area contributed by atoms with Gasteiger partial charge < -0.3 is 15.6 Å². The number of aromatic nitrogens is 5. The van der Waals surface area contributed by atoms with Gasteiger partial charge in [0.2, 0.25) is 0 Å². The van der Waals surface area contributed by atoms with Gasteiger partial charge in [0.15, 0.2) is 5.82 Å². The number of alkyl halides is 3. The second kappa shape index (κ2) is 10.4. The minimum absolute atomic E-state index is 0.00167. The molecule has 0 bridgehead atoms. The van der Waals surface area contributed by atoms with Crippen LogP contribution in [0, 0.1) is 11.3 Å². The van der Waals surface area contributed by atoms with Gasteiger partial charge in [-0.3, -0.25) is 4.98 Å². The summed E-state index contributed by atoms with van der Waals surface area (Å²) in [5, 5.41) is 7.90. The van der Waals surface area contributed by atoms with E-state index >= 15 is 0 Å². The summed E-state index contributed by atoms with van der Waals surface area (Å²) in [5.41, 5.74) is 2.10. The lowest BCUT2D eigenvalue weighted by molar-refractivity contribution is -0.0690. The molecule has 5 heterocycles. The van der Waals surface area contributed by atoms with Crippen molar-refractivity contribution in [1.82, 2.24) is 30.2 Å². The molecule has 7 nitrogen and oxygen atoms in total. The number of anilines is 1. The average Bonchev–Trinajstić information content (AvgIpc) is 3.29. The van der Waals surface area contributed by atoms with Crippen LogP contribution in [0.1, 0.15) is 33.6 Å². The summed E-state index contributed by atoms with van der Waals surface area (Å²) >= 11 is 0. The molecule has 4 aromatic rings. The number of aromatic amines is 1. The predicted molar refractivity (Wildman–Crippen MR) is 155 cm³/mol. The minimum atomic E-state index is -4.57. The van der Waals surface area contributed by atoms with Gasteiger partial charge in [-0.1, -0.05) is 39.0 Å². The fourth-order valence-corrected chi connectivity index (χ4v) is 5.64. The van der Waals surface area contributed by atoms with Crippen LogP contribution in [-0.2, 0) is 0 Å². The number of pyridine rings is 2. The summed E-state index contributed by atoms with van der Waals surface area (Å²) in [6.45, 7) is 7.69. The molecule has 1 fully saturated rings. The molecule has 0 radical (unpaired) electrons. The second-order valence-corrected chi connectivity index (χ2v) is 11.4. The first kappa shape index (κ1) is 27.1. The summed E-state index contributed by atoms with van der Waals surface area (Å²) in [7, 11) is 0. The molecule has 2 atom stereocenters. The summed E-state index contributed by atoms with van der Waals surface area (Å²) in [6, 6.07) is 7.49. The summed E-state index contributed by atoms with van der Waals surface area (Å²) in [4.78, 5) is 21.7. The molecule has 212 valence electrons. The van der Waals surface area contributed by atoms with Crippen molar-refractivity contribution in [3.63, 3.8) is 0 Å². The van der Waals surface area contributed by atoms with Crippen molar-refractivity contribution in [3.05, 3.63) is 65.6 Å². The fraction of sp³-hybridized carbons (Fsp3) is 0.355. The van der Waals surface area contributed by atoms with Crippen molar-refractivity contribution in [2.75, 3.05) is 18.4 Å². The number of allylic oxidation sites excluding steroid dienone is 2. The van der Waals surface area contributed by atoms with E-state index < -0.39 is 11.7 Å². The van der Waals surface area contributed by atoms with Crippen LogP contribution in [0.25, 0.3) is 45.3 Å². The van der Waals surface area contributed by atoms with Crippen LogP contribution < -0.4 is 21.2 Å². The number of hydrogen-bond donors (Lipinski definition) is 3. The number of piperidine rings is 1. The van der Waals surface area contributed by atoms with E-state index in [9.17, 15) is 13.2 Å². The zero-order valence-corrected chi connectivity index (χ0v) is 23.2. The number of nitrogens with zero attached hydrogens (tertiary/aromatic N) is 4. The Kier molecular flexibility index (Phi) is 6.89. The summed E-state index contributed by atoms with van der Waals surface area (Å²) in [5.74, 6) is 0.348. The number of nitrogens with one attached hydrogen (secondary N) is 3. The maximum atomic E-state index is 14.5. The van der Waals surface area contributed by atoms with Crippen LogP contribution in [0.3, 0.4) is 0 Å². The standard InChI is InChI=1S/C31H32F3N7/c1-4-18-7-8-22(31(32,33)34)26-24(14-18)39-28(41-29(26)40-25-10-12-36-17-30(25,2)3)20-9-13-37-27-21(20)15-23(38-27)19-6-5-11-35-16-19/h5-9,11,13-16,18,25,36H,4,10,12,17H2,1-3H3,(H,37,38)(H,39,40,41). The number of rotatable bonds is 5. The zero-order valence-electron chi connectivity index (χ0n) is 23.2. The highest BCUT2D eigenvalue weighted by atomic mass is 19.4. The molecule has 0 spiro atoms. The Hall–Kier alpha value is -4.05. The molecule has 6 rings (SSSR count). The van der Waals surface area contributed by atoms with Gasteiger partial charge in [-0.2, -0.15) is 13.2 Å². The first-order chi connectivity index (χ1) is 19.6. The molecule has 41 heavy (non-hydrogen) atoms. The van der Waals surface area contributed by atoms with Crippen molar-refractivity contribution in [1.29, 1.82) is 0 Å². The fourth-order valence-electron chi connectivity index (χ4n) is 5.64. The Bertz CT molecular complexity index is 1740. The lowest BCUT2D eigenvalue weighted by Crippen LogP contribution is -2.51. The van der Waals surface area contributed by atoms with E-state index in [1.54, 1.807) is 24.7 Å². The quantitative estimate of drug-likeness (QED) is 0.320. The highest BCUT2D eigenvalue weighted by Crippen LogP contribution is 2.33. The van der Waals surface area contributed by atoms with E-state index in [4.69, 9.17) is 9.97 Å². The van der Waals surface area contributed by atoms with Gasteiger partial charge in [0.25, 0.3) is 0 Å². The molecule has 1 saturated heterocycles. The molecule has 1 aliphatic heterocycles. The Morgan fingerprint density at radius 3 is 2.73 bits per heavy atom. The van der Waals surface area contributed by atoms with Crippen LogP contribution in [-0.4, -0.2) is 50.2 Å². The van der Waals surface area contributed by atoms with Crippen molar-refractivity contribution in [3.8, 4) is 22.6 Å². The van der Waals surface area contributed by atoms with Crippen molar-refractivity contribution >= 4 is 28.5 Å². The third kappa shape index (κ3) is 5.24. The zero-order chi connectivity index (χ0) is 28.8. The SMILES string of the molecule is CCC1C=CC(C(F)(F)F)=c2c(NC3CCNCC3(C)C)nc(-c3ccnc4[nH]c(-c5cccnc5)cc34)nc2=C1. The Morgan fingerprint density at radius 2 is 2.00 bits per heavy atom. The smallest absolute Gasteiger partial charge is 0.366 e. The van der Waals surface area contributed by atoms with Crippen molar-refractivity contribution < 1.29 is 13.2 Å². The molecule has 10 heteroatoms. The van der Waals surface area contributed by atoms with Crippen molar-refractivity contribution in [2.24, 2.45) is 11.3 Å². The van der Waals surface area contributed by atoms with Gasteiger partial charge in [-0.25, -0.2) is 15.0 Å². The van der Waals surface area contributed by atoms with E-state index in [0.29, 0.717) is 23.5 Å². The van der Waals surface area contributed by atoms with Crippen LogP contribution >= 0.6 is 0 Å². The minimum Gasteiger partial charge on any atom is -0.366 e. The third-order valence-corrected chi connectivity index (χ3v) is 8.06. The molecule has 2 aliphatic rings. The molecule has 2 unspecified atom stereocenters. The van der Waals surface area contributed by atoms with Gasteiger partial charge >= 0.3 is 6.18 Å². The van der Waals surface area contributed by atoms with Crippen LogP contribution in [0.5, 0.6) is 0 Å². The largest absolute Gasteiger partial charge is 0.417 e. The molecule has 0 saturated carbocycles. The van der Waals surface area contributed by atoms with Crippen LogP contribution in [0.15, 0.2) is 55.0 Å². The van der Waals surface area contributed by atoms with Gasteiger partial charge in [-0.15, -0.1) is 0 Å². The van der Waals surface area contributed by atoms with Crippen molar-refractivity contribution in [2.45, 2.75) is 45.8 Å². The number of hydrogen-bond acceptors (Lipinski definition) is 6. The molecule has 1 aliphatic carbocycles. The molecular formula is C31H32F3N7. The van der Waals surface area contributed by atoms with E-state index in [-0.39, 0.29) is 33.8 Å². The maximum absolute atomic E-state index is 14.5. The second-order valence-electron chi connectivity index (χ2n) is 11.4. The normalized spacial score (nSPS) is 20.4. The highest BCUT2D eigenvalue weighted by Gasteiger charge is 2.37. The molecule has 0 amide bonds. The van der Waals surface area contributed by atoms with Crippen LogP contribution in [0.4, 0.5) is 19.0 Å². The van der Waals surface area contributed by atoms with E-state index in [2.05, 4.69) is 39.4 Å². The number of fused-ring (bicyclic) bond motifs is 2. The third-order valence-electron chi connectivity index (χ3n) is 8.06. The maximum Gasteiger partial charge on any atom is 0.417 e. The molecular weight excluding hydrogens is 527 g/mol. The molecule has 3 N–H and O–H groups in total. The highest BCUT2D eigenvalue weighted by molar-refractivity contribution is 5.94. The lowest BCUT2D eigenvalue weighted by Gasteiger charge is -2.39. The lowest BCUT2D eigenvalue weighted by atomic mass is 9.80. The topological polar surface area (TPSA) is 91.4 Å². The Morgan fingerprint density at radius 1 is 1.15 bits per heavy atom. The predicted octanol–water partition coefficient (Wildman–Crippen LogP) is 4.97.